The summed E-state index contributed by atoms with van der Waals surface area (Å²) in [7, 11) is -1.79. The lowest BCUT2D eigenvalue weighted by atomic mass is 10.0. The summed E-state index contributed by atoms with van der Waals surface area (Å²) in [5.74, 6) is 12.1. The number of methoxy groups -OCH3 is 1. The summed E-state index contributed by atoms with van der Waals surface area (Å²) in [6, 6.07) is 10.8. The zero-order valence-corrected chi connectivity index (χ0v) is 23.2. The fourth-order valence-electron chi connectivity index (χ4n) is 2.69. The Labute approximate surface area is 205 Å². The second-order valence-corrected chi connectivity index (χ2v) is 19.5. The molecule has 6 heteroatoms. The molecule has 0 fully saturated rings. The molecule has 0 saturated heterocycles. The van der Waals surface area contributed by atoms with E-state index in [9.17, 15) is 9.59 Å². The fraction of sp³-hybridized carbons (Fsp3) is 0.286. The number of nitrogens with one attached hydrogen (secondary N) is 1. The largest absolute Gasteiger partial charge is 0.465 e. The van der Waals surface area contributed by atoms with Gasteiger partial charge in [0.2, 0.25) is 5.91 Å². The summed E-state index contributed by atoms with van der Waals surface area (Å²) >= 11 is 0. The zero-order chi connectivity index (χ0) is 25.5. The number of anilines is 1. The van der Waals surface area contributed by atoms with Gasteiger partial charge in [0.05, 0.1) is 18.4 Å². The third kappa shape index (κ3) is 9.16. The van der Waals surface area contributed by atoms with E-state index in [0.29, 0.717) is 27.9 Å². The van der Waals surface area contributed by atoms with Gasteiger partial charge in [0.15, 0.2) is 0 Å². The van der Waals surface area contributed by atoms with Crippen molar-refractivity contribution in [1.82, 2.24) is 0 Å². The van der Waals surface area contributed by atoms with Gasteiger partial charge >= 0.3 is 5.97 Å². The van der Waals surface area contributed by atoms with Crippen LogP contribution in [-0.2, 0) is 9.53 Å². The molecule has 0 bridgehead atoms. The maximum absolute atomic E-state index is 12.2. The second kappa shape index (κ2) is 11.1. The Hall–Kier alpha value is -3.51. The molecular weight excluding hydrogens is 454 g/mol. The van der Waals surface area contributed by atoms with Gasteiger partial charge in [-0.1, -0.05) is 63.0 Å². The Morgan fingerprint density at radius 2 is 1.32 bits per heavy atom. The van der Waals surface area contributed by atoms with E-state index in [2.05, 4.69) is 79.4 Å². The van der Waals surface area contributed by atoms with E-state index < -0.39 is 22.1 Å². The smallest absolute Gasteiger partial charge is 0.337 e. The van der Waals surface area contributed by atoms with Gasteiger partial charge in [-0.2, -0.15) is 0 Å². The van der Waals surface area contributed by atoms with E-state index in [1.54, 1.807) is 12.1 Å². The van der Waals surface area contributed by atoms with Crippen LogP contribution in [0.25, 0.3) is 0 Å². The number of benzene rings is 2. The highest BCUT2D eigenvalue weighted by molar-refractivity contribution is 6.84. The van der Waals surface area contributed by atoms with Crippen LogP contribution >= 0.6 is 0 Å². The number of rotatable bonds is 2. The van der Waals surface area contributed by atoms with E-state index in [-0.39, 0.29) is 5.91 Å². The fourth-order valence-corrected chi connectivity index (χ4v) is 3.73. The maximum Gasteiger partial charge on any atom is 0.337 e. The summed E-state index contributed by atoms with van der Waals surface area (Å²) < 4.78 is 4.90. The molecule has 0 saturated carbocycles. The van der Waals surface area contributed by atoms with Crippen LogP contribution in [0.2, 0.25) is 39.3 Å². The standard InChI is InChI=1S/C28H31NO3Si2/c1-21(30)29-27-12-10-22(13-15-33(3,4)5)18-25(27)11-9-23-17-24(14-16-34(6,7)8)20-26(19-23)28(31)32-2/h10,12,17-20H,1-8H3,(H,29,30). The van der Waals surface area contributed by atoms with Crippen molar-refractivity contribution in [1.29, 1.82) is 0 Å². The first-order valence-corrected chi connectivity index (χ1v) is 18.0. The molecule has 2 rings (SSSR count). The molecule has 0 heterocycles. The van der Waals surface area contributed by atoms with Gasteiger partial charge in [0.25, 0.3) is 0 Å². The lowest BCUT2D eigenvalue weighted by Gasteiger charge is -2.07. The van der Waals surface area contributed by atoms with Crippen molar-refractivity contribution in [3.8, 4) is 34.8 Å². The molecule has 0 spiro atoms. The van der Waals surface area contributed by atoms with Gasteiger partial charge in [-0.05, 0) is 36.4 Å². The molecule has 2 aromatic carbocycles. The maximum atomic E-state index is 12.2. The molecule has 0 radical (unpaired) electrons. The van der Waals surface area contributed by atoms with Crippen molar-refractivity contribution >= 4 is 33.7 Å². The quantitative estimate of drug-likeness (QED) is 0.357. The van der Waals surface area contributed by atoms with Crippen LogP contribution in [-0.4, -0.2) is 35.1 Å². The van der Waals surface area contributed by atoms with Crippen LogP contribution in [0.15, 0.2) is 36.4 Å². The number of ether oxygens (including phenoxy) is 1. The van der Waals surface area contributed by atoms with Crippen LogP contribution < -0.4 is 5.32 Å². The van der Waals surface area contributed by atoms with E-state index >= 15 is 0 Å². The highest BCUT2D eigenvalue weighted by Gasteiger charge is 2.11. The average Bonchev–Trinajstić information content (AvgIpc) is 2.74. The van der Waals surface area contributed by atoms with Crippen LogP contribution in [0.5, 0.6) is 0 Å². The van der Waals surface area contributed by atoms with E-state index in [4.69, 9.17) is 4.74 Å². The predicted molar refractivity (Wildman–Crippen MR) is 145 cm³/mol. The van der Waals surface area contributed by atoms with E-state index in [1.165, 1.54) is 14.0 Å². The Morgan fingerprint density at radius 3 is 1.85 bits per heavy atom. The SMILES string of the molecule is COC(=O)c1cc(C#Cc2cc(C#C[Si](C)(C)C)ccc2NC(C)=O)cc(C#C[Si](C)(C)C)c1. The van der Waals surface area contributed by atoms with E-state index in [1.807, 2.05) is 24.3 Å². The number of carbonyl (C=O) groups is 2. The number of amides is 1. The first kappa shape index (κ1) is 26.7. The summed E-state index contributed by atoms with van der Waals surface area (Å²) in [6.45, 7) is 14.5. The first-order chi connectivity index (χ1) is 15.8. The molecule has 0 unspecified atom stereocenters. The monoisotopic (exact) mass is 485 g/mol. The minimum Gasteiger partial charge on any atom is -0.465 e. The molecule has 1 amide bonds. The Morgan fingerprint density at radius 1 is 0.765 bits per heavy atom. The number of hydrogen-bond donors (Lipinski definition) is 1. The topological polar surface area (TPSA) is 55.4 Å². The third-order valence-corrected chi connectivity index (χ3v) is 5.94. The first-order valence-electron chi connectivity index (χ1n) is 11.0. The lowest BCUT2D eigenvalue weighted by Crippen LogP contribution is -2.16. The zero-order valence-electron chi connectivity index (χ0n) is 21.2. The normalized spacial score (nSPS) is 10.5. The molecule has 2 aromatic rings. The van der Waals surface area contributed by atoms with Crippen molar-refractivity contribution in [2.24, 2.45) is 0 Å². The Bertz CT molecular complexity index is 1300. The van der Waals surface area contributed by atoms with Gasteiger partial charge in [-0.3, -0.25) is 4.79 Å². The van der Waals surface area contributed by atoms with Crippen molar-refractivity contribution in [3.05, 3.63) is 64.2 Å². The molecule has 0 aliphatic heterocycles. The summed E-state index contributed by atoms with van der Waals surface area (Å²) in [5.41, 5.74) is 10.5. The molecule has 34 heavy (non-hydrogen) atoms. The van der Waals surface area contributed by atoms with Gasteiger partial charge in [0, 0.05) is 29.2 Å². The molecule has 0 aliphatic carbocycles. The van der Waals surface area contributed by atoms with E-state index in [0.717, 1.165) is 5.56 Å². The number of esters is 1. The predicted octanol–water partition coefficient (Wildman–Crippen LogP) is 5.29. The Balaban J connectivity index is 2.60. The summed E-state index contributed by atoms with van der Waals surface area (Å²) in [6.07, 6.45) is 0. The van der Waals surface area contributed by atoms with Gasteiger partial charge in [-0.25, -0.2) is 4.79 Å². The van der Waals surface area contributed by atoms with Crippen LogP contribution in [0.1, 0.15) is 39.5 Å². The molecule has 1 N–H and O–H groups in total. The minimum absolute atomic E-state index is 0.180. The highest BCUT2D eigenvalue weighted by Crippen LogP contribution is 2.18. The summed E-state index contributed by atoms with van der Waals surface area (Å²) in [4.78, 5) is 23.9. The Kier molecular flexibility index (Phi) is 8.71. The van der Waals surface area contributed by atoms with Crippen molar-refractivity contribution in [2.75, 3.05) is 12.4 Å². The van der Waals surface area contributed by atoms with Crippen LogP contribution in [0.3, 0.4) is 0 Å². The molecule has 0 aromatic heterocycles. The molecular formula is C28H31NO3Si2. The second-order valence-electron chi connectivity index (χ2n) is 9.98. The number of hydrogen-bond acceptors (Lipinski definition) is 3. The average molecular weight is 486 g/mol. The number of carbonyl (C=O) groups excluding carboxylic acids is 2. The van der Waals surface area contributed by atoms with Crippen molar-refractivity contribution in [3.63, 3.8) is 0 Å². The molecule has 4 nitrogen and oxygen atoms in total. The minimum atomic E-state index is -1.60. The third-order valence-electron chi connectivity index (χ3n) is 4.19. The summed E-state index contributed by atoms with van der Waals surface area (Å²) in [5, 5.41) is 2.82. The van der Waals surface area contributed by atoms with Crippen molar-refractivity contribution < 1.29 is 14.3 Å². The molecule has 0 atom stereocenters. The van der Waals surface area contributed by atoms with Crippen LogP contribution in [0, 0.1) is 34.8 Å². The van der Waals surface area contributed by atoms with Crippen LogP contribution in [0.4, 0.5) is 5.69 Å². The highest BCUT2D eigenvalue weighted by atomic mass is 28.3. The van der Waals surface area contributed by atoms with Crippen molar-refractivity contribution in [2.45, 2.75) is 46.2 Å². The molecule has 0 aliphatic rings. The van der Waals surface area contributed by atoms with Gasteiger partial charge < -0.3 is 10.1 Å². The van der Waals surface area contributed by atoms with Gasteiger partial charge in [-0.15, -0.1) is 11.1 Å². The van der Waals surface area contributed by atoms with Gasteiger partial charge in [0.1, 0.15) is 16.1 Å². The lowest BCUT2D eigenvalue weighted by molar-refractivity contribution is -0.114. The molecule has 174 valence electrons.